The van der Waals surface area contributed by atoms with E-state index in [1.165, 1.54) is 12.1 Å². The van der Waals surface area contributed by atoms with Crippen molar-refractivity contribution in [2.24, 2.45) is 0 Å². The van der Waals surface area contributed by atoms with Crippen molar-refractivity contribution >= 4 is 11.6 Å². The van der Waals surface area contributed by atoms with E-state index in [2.05, 4.69) is 15.3 Å². The fraction of sp³-hybridized carbons (Fsp3) is 0. The van der Waals surface area contributed by atoms with Gasteiger partial charge in [0.05, 0.1) is 5.69 Å². The first-order valence-corrected chi connectivity index (χ1v) is 6.22. The molecule has 0 spiro atoms. The second kappa shape index (κ2) is 5.48. The standard InChI is InChI=1S/C16H12FN3/c17-13-8-6-12(7-9-13)15-10-11-18-16(20-15)19-14-4-2-1-3-5-14/h1-11H,(H,18,19,20). The molecule has 0 aliphatic rings. The smallest absolute Gasteiger partial charge is 0.227 e. The second-order valence-corrected chi connectivity index (χ2v) is 4.26. The summed E-state index contributed by atoms with van der Waals surface area (Å²) >= 11 is 0. The summed E-state index contributed by atoms with van der Waals surface area (Å²) in [6.45, 7) is 0. The quantitative estimate of drug-likeness (QED) is 0.777. The summed E-state index contributed by atoms with van der Waals surface area (Å²) in [6.07, 6.45) is 1.68. The molecule has 0 fully saturated rings. The molecule has 0 bridgehead atoms. The number of halogens is 1. The van der Waals surface area contributed by atoms with Gasteiger partial charge in [-0.2, -0.15) is 0 Å². The Morgan fingerprint density at radius 2 is 1.60 bits per heavy atom. The molecule has 0 amide bonds. The molecule has 0 aliphatic carbocycles. The maximum Gasteiger partial charge on any atom is 0.227 e. The zero-order valence-electron chi connectivity index (χ0n) is 10.6. The summed E-state index contributed by atoms with van der Waals surface area (Å²) in [6, 6.07) is 17.7. The lowest BCUT2D eigenvalue weighted by Gasteiger charge is -2.06. The summed E-state index contributed by atoms with van der Waals surface area (Å²) in [4.78, 5) is 8.60. The highest BCUT2D eigenvalue weighted by Gasteiger charge is 2.02. The van der Waals surface area contributed by atoms with E-state index >= 15 is 0 Å². The molecule has 0 radical (unpaired) electrons. The zero-order chi connectivity index (χ0) is 13.8. The second-order valence-electron chi connectivity index (χ2n) is 4.26. The minimum Gasteiger partial charge on any atom is -0.324 e. The van der Waals surface area contributed by atoms with Crippen molar-refractivity contribution < 1.29 is 4.39 Å². The third-order valence-corrected chi connectivity index (χ3v) is 2.83. The predicted octanol–water partition coefficient (Wildman–Crippen LogP) is 4.03. The van der Waals surface area contributed by atoms with Gasteiger partial charge in [0.25, 0.3) is 0 Å². The summed E-state index contributed by atoms with van der Waals surface area (Å²) in [5.41, 5.74) is 2.52. The number of nitrogens with zero attached hydrogens (tertiary/aromatic N) is 2. The number of rotatable bonds is 3. The summed E-state index contributed by atoms with van der Waals surface area (Å²) in [7, 11) is 0. The van der Waals surface area contributed by atoms with Crippen LogP contribution in [-0.2, 0) is 0 Å². The lowest BCUT2D eigenvalue weighted by Crippen LogP contribution is -1.97. The highest BCUT2D eigenvalue weighted by molar-refractivity contribution is 5.61. The SMILES string of the molecule is Fc1ccc(-c2ccnc(Nc3ccccc3)n2)cc1. The van der Waals surface area contributed by atoms with Crippen molar-refractivity contribution in [3.63, 3.8) is 0 Å². The van der Waals surface area contributed by atoms with E-state index in [9.17, 15) is 4.39 Å². The van der Waals surface area contributed by atoms with Gasteiger partial charge in [0.2, 0.25) is 5.95 Å². The van der Waals surface area contributed by atoms with Crippen LogP contribution in [0.25, 0.3) is 11.3 Å². The highest BCUT2D eigenvalue weighted by Crippen LogP contribution is 2.19. The van der Waals surface area contributed by atoms with E-state index in [1.54, 1.807) is 24.4 Å². The topological polar surface area (TPSA) is 37.8 Å². The molecule has 2 aromatic carbocycles. The van der Waals surface area contributed by atoms with Crippen molar-refractivity contribution in [1.82, 2.24) is 9.97 Å². The van der Waals surface area contributed by atoms with Gasteiger partial charge in [-0.3, -0.25) is 0 Å². The molecule has 1 aromatic heterocycles. The number of benzene rings is 2. The zero-order valence-corrected chi connectivity index (χ0v) is 10.6. The Morgan fingerprint density at radius 1 is 0.850 bits per heavy atom. The lowest BCUT2D eigenvalue weighted by atomic mass is 10.1. The van der Waals surface area contributed by atoms with Gasteiger partial charge in [-0.05, 0) is 42.5 Å². The molecule has 3 rings (SSSR count). The molecule has 0 unspecified atom stereocenters. The third kappa shape index (κ3) is 2.80. The molecule has 0 saturated heterocycles. The van der Waals surface area contributed by atoms with E-state index in [0.717, 1.165) is 16.9 Å². The van der Waals surface area contributed by atoms with Gasteiger partial charge < -0.3 is 5.32 Å². The van der Waals surface area contributed by atoms with E-state index < -0.39 is 0 Å². The normalized spacial score (nSPS) is 10.2. The first-order valence-electron chi connectivity index (χ1n) is 6.22. The fourth-order valence-electron chi connectivity index (χ4n) is 1.85. The van der Waals surface area contributed by atoms with Gasteiger partial charge in [0.15, 0.2) is 0 Å². The van der Waals surface area contributed by atoms with Gasteiger partial charge in [-0.1, -0.05) is 18.2 Å². The molecule has 20 heavy (non-hydrogen) atoms. The number of nitrogens with one attached hydrogen (secondary N) is 1. The Labute approximate surface area is 116 Å². The predicted molar refractivity (Wildman–Crippen MR) is 77.2 cm³/mol. The van der Waals surface area contributed by atoms with Crippen LogP contribution in [0.2, 0.25) is 0 Å². The van der Waals surface area contributed by atoms with Crippen molar-refractivity contribution in [3.05, 3.63) is 72.7 Å². The van der Waals surface area contributed by atoms with Gasteiger partial charge in [-0.15, -0.1) is 0 Å². The minimum absolute atomic E-state index is 0.259. The molecule has 1 N–H and O–H groups in total. The minimum atomic E-state index is -0.259. The highest BCUT2D eigenvalue weighted by atomic mass is 19.1. The molecule has 0 aliphatic heterocycles. The van der Waals surface area contributed by atoms with E-state index in [0.29, 0.717) is 5.95 Å². The molecule has 3 aromatic rings. The van der Waals surface area contributed by atoms with Crippen molar-refractivity contribution in [2.45, 2.75) is 0 Å². The van der Waals surface area contributed by atoms with Crippen molar-refractivity contribution in [2.75, 3.05) is 5.32 Å². The van der Waals surface area contributed by atoms with Crippen LogP contribution in [0, 0.1) is 5.82 Å². The average Bonchev–Trinajstić information content (AvgIpc) is 2.49. The van der Waals surface area contributed by atoms with E-state index in [1.807, 2.05) is 30.3 Å². The molecular weight excluding hydrogens is 253 g/mol. The van der Waals surface area contributed by atoms with Crippen molar-refractivity contribution in [3.8, 4) is 11.3 Å². The summed E-state index contributed by atoms with van der Waals surface area (Å²) < 4.78 is 12.9. The maximum absolute atomic E-state index is 12.9. The largest absolute Gasteiger partial charge is 0.324 e. The molecule has 0 atom stereocenters. The van der Waals surface area contributed by atoms with Crippen LogP contribution >= 0.6 is 0 Å². The Morgan fingerprint density at radius 3 is 2.35 bits per heavy atom. The molecule has 3 nitrogen and oxygen atoms in total. The monoisotopic (exact) mass is 265 g/mol. The van der Waals surface area contributed by atoms with Crippen LogP contribution in [-0.4, -0.2) is 9.97 Å². The number of para-hydroxylation sites is 1. The maximum atomic E-state index is 12.9. The van der Waals surface area contributed by atoms with Crippen LogP contribution in [0.15, 0.2) is 66.9 Å². The number of hydrogen-bond acceptors (Lipinski definition) is 3. The van der Waals surface area contributed by atoms with E-state index in [-0.39, 0.29) is 5.82 Å². The van der Waals surface area contributed by atoms with Gasteiger partial charge in [0, 0.05) is 17.4 Å². The third-order valence-electron chi connectivity index (χ3n) is 2.83. The Hall–Kier alpha value is -2.75. The first kappa shape index (κ1) is 12.3. The molecule has 1 heterocycles. The van der Waals surface area contributed by atoms with Gasteiger partial charge in [0.1, 0.15) is 5.82 Å². The molecular formula is C16H12FN3. The van der Waals surface area contributed by atoms with Gasteiger partial charge >= 0.3 is 0 Å². The fourth-order valence-corrected chi connectivity index (χ4v) is 1.85. The Kier molecular flexibility index (Phi) is 3.37. The molecule has 4 heteroatoms. The van der Waals surface area contributed by atoms with Gasteiger partial charge in [-0.25, -0.2) is 14.4 Å². The molecule has 98 valence electrons. The Bertz CT molecular complexity index is 696. The number of hydrogen-bond donors (Lipinski definition) is 1. The van der Waals surface area contributed by atoms with Crippen LogP contribution in [0.5, 0.6) is 0 Å². The van der Waals surface area contributed by atoms with Crippen LogP contribution in [0.3, 0.4) is 0 Å². The Balaban J connectivity index is 1.88. The molecule has 0 saturated carbocycles. The summed E-state index contributed by atoms with van der Waals surface area (Å²) in [5, 5.41) is 3.13. The van der Waals surface area contributed by atoms with E-state index in [4.69, 9.17) is 0 Å². The first-order chi connectivity index (χ1) is 9.81. The lowest BCUT2D eigenvalue weighted by molar-refractivity contribution is 0.628. The average molecular weight is 265 g/mol. The number of aromatic nitrogens is 2. The number of anilines is 2. The van der Waals surface area contributed by atoms with Crippen LogP contribution in [0.4, 0.5) is 16.0 Å². The van der Waals surface area contributed by atoms with Crippen LogP contribution < -0.4 is 5.32 Å². The summed E-state index contributed by atoms with van der Waals surface area (Å²) in [5.74, 6) is 0.253. The van der Waals surface area contributed by atoms with Crippen LogP contribution in [0.1, 0.15) is 0 Å². The van der Waals surface area contributed by atoms with Crippen molar-refractivity contribution in [1.29, 1.82) is 0 Å².